The second-order valence-corrected chi connectivity index (χ2v) is 13.3. The van der Waals surface area contributed by atoms with Crippen LogP contribution in [0.3, 0.4) is 0 Å². The highest BCUT2D eigenvalue weighted by Gasteiger charge is 2.37. The number of esters is 2. The zero-order valence-corrected chi connectivity index (χ0v) is 29.1. The average molecular weight is 655 g/mol. The van der Waals surface area contributed by atoms with Gasteiger partial charge in [-0.1, -0.05) is 62.7 Å². The van der Waals surface area contributed by atoms with E-state index in [0.29, 0.717) is 12.0 Å². The second-order valence-electron chi connectivity index (χ2n) is 13.3. The molecule has 0 spiro atoms. The molecule has 2 aromatic rings. The number of anilines is 1. The van der Waals surface area contributed by atoms with Crippen LogP contribution in [0.25, 0.3) is 0 Å². The maximum absolute atomic E-state index is 13.8. The van der Waals surface area contributed by atoms with Gasteiger partial charge in [0.25, 0.3) is 5.91 Å². The quantitative estimate of drug-likeness (QED) is 0.174. The van der Waals surface area contributed by atoms with E-state index in [-0.39, 0.29) is 17.2 Å². The lowest BCUT2D eigenvalue weighted by molar-refractivity contribution is -0.157. The molecule has 258 valence electrons. The molecule has 12 heteroatoms. The molecule has 0 aromatic heterocycles. The molecule has 5 atom stereocenters. The van der Waals surface area contributed by atoms with Crippen molar-refractivity contribution in [2.75, 3.05) is 12.4 Å². The van der Waals surface area contributed by atoms with Gasteiger partial charge in [0.15, 0.2) is 6.10 Å². The van der Waals surface area contributed by atoms with E-state index in [1.807, 2.05) is 6.92 Å². The molecule has 0 aliphatic carbocycles. The van der Waals surface area contributed by atoms with Crippen molar-refractivity contribution in [3.8, 4) is 0 Å². The summed E-state index contributed by atoms with van der Waals surface area (Å²) in [5, 5.41) is 10.9. The van der Waals surface area contributed by atoms with Crippen molar-refractivity contribution >= 4 is 35.5 Å². The third-order valence-electron chi connectivity index (χ3n) is 6.94. The van der Waals surface area contributed by atoms with Gasteiger partial charge in [-0.25, -0.2) is 14.4 Å². The van der Waals surface area contributed by atoms with Crippen molar-refractivity contribution in [3.63, 3.8) is 0 Å². The molecule has 0 aliphatic rings. The molecule has 47 heavy (non-hydrogen) atoms. The van der Waals surface area contributed by atoms with E-state index in [1.165, 1.54) is 13.0 Å². The molecule has 0 unspecified atom stereocenters. The molecule has 2 aromatic carbocycles. The van der Waals surface area contributed by atoms with E-state index in [4.69, 9.17) is 14.2 Å². The van der Waals surface area contributed by atoms with Gasteiger partial charge < -0.3 is 35.5 Å². The van der Waals surface area contributed by atoms with Crippen molar-refractivity contribution in [2.24, 2.45) is 5.92 Å². The molecule has 0 radical (unpaired) electrons. The number of nitrogens with one attached hydrogen (secondary N) is 4. The molecule has 0 fully saturated rings. The van der Waals surface area contributed by atoms with Gasteiger partial charge >= 0.3 is 18.0 Å². The zero-order valence-electron chi connectivity index (χ0n) is 29.1. The number of rotatable bonds is 13. The standard InChI is InChI=1S/C35H50N4O8/c1-11-21(2)26(39-33(44)47-35(7,8)9)32(43)45-28(23-17-13-12-14-18-23)27(36-10)30(41)38-25-20-16-15-19-24(25)29(40)37-22(3)31(42)46-34(4,5)6/h12-22,26-28,36H,11H2,1-10H3,(H,37,40)(H,38,41)(H,39,44)/t21-,22-,26+,27-,28-/m0/s1. The van der Waals surface area contributed by atoms with Crippen molar-refractivity contribution in [2.45, 2.75) is 104 Å². The monoisotopic (exact) mass is 654 g/mol. The summed E-state index contributed by atoms with van der Waals surface area (Å²) in [4.78, 5) is 65.8. The Labute approximate surface area is 277 Å². The number of para-hydroxylation sites is 1. The van der Waals surface area contributed by atoms with Gasteiger partial charge in [-0.3, -0.25) is 9.59 Å². The fourth-order valence-corrected chi connectivity index (χ4v) is 4.42. The Kier molecular flexibility index (Phi) is 13.9. The van der Waals surface area contributed by atoms with Gasteiger partial charge in [-0.2, -0.15) is 0 Å². The van der Waals surface area contributed by atoms with Crippen LogP contribution in [0.15, 0.2) is 54.6 Å². The van der Waals surface area contributed by atoms with Crippen LogP contribution in [0.5, 0.6) is 0 Å². The first kappa shape index (κ1) is 38.7. The highest BCUT2D eigenvalue weighted by Crippen LogP contribution is 2.26. The summed E-state index contributed by atoms with van der Waals surface area (Å²) in [7, 11) is 1.54. The lowest BCUT2D eigenvalue weighted by Crippen LogP contribution is -2.50. The number of hydrogen-bond donors (Lipinski definition) is 4. The lowest BCUT2D eigenvalue weighted by atomic mass is 9.98. The minimum atomic E-state index is -1.13. The minimum absolute atomic E-state index is 0.109. The summed E-state index contributed by atoms with van der Waals surface area (Å²) < 4.78 is 16.7. The Balaban J connectivity index is 2.36. The predicted octanol–water partition coefficient (Wildman–Crippen LogP) is 4.90. The van der Waals surface area contributed by atoms with E-state index < -0.39 is 65.3 Å². The van der Waals surface area contributed by atoms with E-state index in [0.717, 1.165) is 0 Å². The van der Waals surface area contributed by atoms with Crippen LogP contribution in [-0.2, 0) is 28.6 Å². The topological polar surface area (TPSA) is 161 Å². The fraction of sp³-hybridized carbons (Fsp3) is 0.514. The molecule has 4 N–H and O–H groups in total. The van der Waals surface area contributed by atoms with Crippen LogP contribution in [0, 0.1) is 5.92 Å². The second kappa shape index (κ2) is 16.9. The van der Waals surface area contributed by atoms with Crippen molar-refractivity contribution in [1.82, 2.24) is 16.0 Å². The Bertz CT molecular complexity index is 1380. The largest absolute Gasteiger partial charge is 0.458 e. The smallest absolute Gasteiger partial charge is 0.408 e. The number of hydrogen-bond acceptors (Lipinski definition) is 9. The first-order chi connectivity index (χ1) is 21.9. The van der Waals surface area contributed by atoms with Crippen molar-refractivity contribution in [3.05, 3.63) is 65.7 Å². The molecule has 0 saturated carbocycles. The van der Waals surface area contributed by atoms with Crippen LogP contribution < -0.4 is 21.3 Å². The zero-order chi connectivity index (χ0) is 35.5. The third kappa shape index (κ3) is 12.3. The summed E-state index contributed by atoms with van der Waals surface area (Å²) in [5.41, 5.74) is -0.709. The highest BCUT2D eigenvalue weighted by molar-refractivity contribution is 6.06. The Hall–Kier alpha value is -4.45. The van der Waals surface area contributed by atoms with Gasteiger partial charge in [0.2, 0.25) is 5.91 Å². The molecule has 12 nitrogen and oxygen atoms in total. The third-order valence-corrected chi connectivity index (χ3v) is 6.94. The predicted molar refractivity (Wildman–Crippen MR) is 179 cm³/mol. The summed E-state index contributed by atoms with van der Waals surface area (Å²) >= 11 is 0. The molecule has 2 rings (SSSR count). The molecule has 3 amide bonds. The van der Waals surface area contributed by atoms with Crippen molar-refractivity contribution in [1.29, 1.82) is 0 Å². The number of benzene rings is 2. The summed E-state index contributed by atoms with van der Waals surface area (Å²) in [6.45, 7) is 15.5. The number of likely N-dealkylation sites (N-methyl/N-ethyl adjacent to an activating group) is 1. The van der Waals surface area contributed by atoms with Crippen LogP contribution in [0.1, 0.15) is 90.8 Å². The van der Waals surface area contributed by atoms with Crippen LogP contribution in [0.2, 0.25) is 0 Å². The molecular weight excluding hydrogens is 604 g/mol. The summed E-state index contributed by atoms with van der Waals surface area (Å²) in [6.07, 6.45) is -1.35. The Morgan fingerprint density at radius 2 is 1.32 bits per heavy atom. The average Bonchev–Trinajstić information content (AvgIpc) is 2.98. The van der Waals surface area contributed by atoms with Gasteiger partial charge in [-0.15, -0.1) is 0 Å². The lowest BCUT2D eigenvalue weighted by Gasteiger charge is -2.30. The molecule has 0 heterocycles. The Morgan fingerprint density at radius 1 is 0.745 bits per heavy atom. The van der Waals surface area contributed by atoms with E-state index in [1.54, 1.807) is 104 Å². The number of ether oxygens (including phenoxy) is 3. The van der Waals surface area contributed by atoms with E-state index in [2.05, 4.69) is 21.3 Å². The first-order valence-corrected chi connectivity index (χ1v) is 15.7. The van der Waals surface area contributed by atoms with E-state index in [9.17, 15) is 24.0 Å². The normalized spacial score (nSPS) is 14.8. The Morgan fingerprint density at radius 3 is 1.87 bits per heavy atom. The summed E-state index contributed by atoms with van der Waals surface area (Å²) in [5.74, 6) is -2.87. The maximum Gasteiger partial charge on any atom is 0.408 e. The molecule has 0 saturated heterocycles. The SMILES string of the molecule is CC[C@H](C)[C@@H](NC(=O)OC(C)(C)C)C(=O)O[C@@H](c1ccccc1)[C@H](NC)C(=O)Nc1ccccc1C(=O)N[C@@H](C)C(=O)OC(C)(C)C. The van der Waals surface area contributed by atoms with Gasteiger partial charge in [0.1, 0.15) is 29.3 Å². The number of carbonyl (C=O) groups excluding carboxylic acids is 5. The number of amides is 3. The molecular formula is C35H50N4O8. The molecule has 0 bridgehead atoms. The van der Waals surface area contributed by atoms with Crippen LogP contribution in [0.4, 0.5) is 10.5 Å². The van der Waals surface area contributed by atoms with Crippen LogP contribution >= 0.6 is 0 Å². The van der Waals surface area contributed by atoms with Gasteiger partial charge in [0.05, 0.1) is 11.3 Å². The minimum Gasteiger partial charge on any atom is -0.458 e. The maximum atomic E-state index is 13.8. The first-order valence-electron chi connectivity index (χ1n) is 15.7. The van der Waals surface area contributed by atoms with Gasteiger partial charge in [-0.05, 0) is 79.1 Å². The van der Waals surface area contributed by atoms with E-state index >= 15 is 0 Å². The van der Waals surface area contributed by atoms with Crippen molar-refractivity contribution < 1.29 is 38.2 Å². The number of alkyl carbamates (subject to hydrolysis) is 1. The number of carbonyl (C=O) groups is 5. The highest BCUT2D eigenvalue weighted by atomic mass is 16.6. The van der Waals surface area contributed by atoms with Gasteiger partial charge in [0, 0.05) is 0 Å². The summed E-state index contributed by atoms with van der Waals surface area (Å²) in [6, 6.07) is 11.9. The fourth-order valence-electron chi connectivity index (χ4n) is 4.42. The molecule has 0 aliphatic heterocycles. The van der Waals surface area contributed by atoms with Crippen LogP contribution in [-0.4, -0.2) is 66.2 Å².